The highest BCUT2D eigenvalue weighted by atomic mass is 16.7. The van der Waals surface area contributed by atoms with Crippen molar-refractivity contribution in [3.8, 4) is 29.1 Å². The van der Waals surface area contributed by atoms with E-state index in [0.29, 0.717) is 0 Å². The van der Waals surface area contributed by atoms with E-state index < -0.39 is 95.5 Å². The van der Waals surface area contributed by atoms with Crippen LogP contribution in [0.15, 0.2) is 42.2 Å². The molecule has 9 atom stereocenters. The van der Waals surface area contributed by atoms with Gasteiger partial charge in [-0.25, -0.2) is 0 Å². The van der Waals surface area contributed by atoms with Crippen molar-refractivity contribution < 1.29 is 63.3 Å². The summed E-state index contributed by atoms with van der Waals surface area (Å²) in [5, 5.41) is 57.2. The van der Waals surface area contributed by atoms with Gasteiger partial charge in [-0.1, -0.05) is 45.9 Å². The topological polar surface area (TPSA) is 234 Å². The molecule has 0 fully saturated rings. The number of benzene rings is 2. The van der Waals surface area contributed by atoms with Crippen LogP contribution in [0, 0.1) is 41.9 Å². The minimum atomic E-state index is -2.05. The van der Waals surface area contributed by atoms with E-state index in [4.69, 9.17) is 28.9 Å². The van der Waals surface area contributed by atoms with Gasteiger partial charge in [0, 0.05) is 80.8 Å². The van der Waals surface area contributed by atoms with Crippen LogP contribution in [-0.2, 0) is 28.6 Å². The Morgan fingerprint density at radius 3 is 2.32 bits per heavy atom. The number of nitrogens with one attached hydrogen (secondary N) is 1. The minimum absolute atomic E-state index is 0.0478. The number of allylic oxidation sites excluding steroid dienone is 2. The van der Waals surface area contributed by atoms with Gasteiger partial charge in [-0.05, 0) is 19.9 Å². The number of ether oxygens (including phenoxy) is 5. The van der Waals surface area contributed by atoms with E-state index in [-0.39, 0.29) is 57.6 Å². The highest BCUT2D eigenvalue weighted by Crippen LogP contribution is 2.54. The van der Waals surface area contributed by atoms with Crippen molar-refractivity contribution >= 4 is 40.0 Å². The predicted molar refractivity (Wildman–Crippen MR) is 216 cm³/mol. The van der Waals surface area contributed by atoms with E-state index in [9.17, 15) is 39.6 Å². The number of nitrogens with zero attached hydrogens (tertiary/aromatic N) is 2. The number of carbonyl (C=O) groups excluding carboxylic acids is 4. The maximum absolute atomic E-state index is 14.4. The third kappa shape index (κ3) is 9.65. The summed E-state index contributed by atoms with van der Waals surface area (Å²) in [4.78, 5) is 54.6. The number of rotatable bonds is 7. The molecule has 59 heavy (non-hydrogen) atoms. The van der Waals surface area contributed by atoms with E-state index in [1.54, 1.807) is 39.8 Å². The van der Waals surface area contributed by atoms with Crippen LogP contribution in [0.4, 0.5) is 5.69 Å². The van der Waals surface area contributed by atoms with E-state index in [0.717, 1.165) is 0 Å². The lowest BCUT2D eigenvalue weighted by atomic mass is 9.78. The Labute approximate surface area is 343 Å². The molecule has 3 heterocycles. The molecule has 16 heteroatoms. The van der Waals surface area contributed by atoms with Crippen LogP contribution in [0.3, 0.4) is 0 Å². The molecule has 0 saturated carbocycles. The average molecular weight is 822 g/mol. The summed E-state index contributed by atoms with van der Waals surface area (Å²) in [5.41, 5.74) is -0.147. The number of anilines is 1. The van der Waals surface area contributed by atoms with Gasteiger partial charge in [0.05, 0.1) is 53.7 Å². The standard InChI is InChI=1S/C43H55N3O13/c1-21-13-11-14-22(2)42(54)45-28-19-30(56-20-31(48)46(9)17-12-16-44)32-33(38(28)52)37(51)26(6)40-34(32)41(53)43(8,59-40)57-18-15-29(55-10)23(3)39(58-27(7)47)25(5)36(50)24(4)35(21)49/h11,13-15,18-19,21,23-25,29,35-36,39,49-52H,12,17,20H2,1-10H3,(H,45,54)/b13-11+,18-15+,22-14-/t21-,23+,24+,25+,29-,35-,36+,39+,43-/m0/s1. The number of methoxy groups -OCH3 is 1. The number of hydrogen-bond acceptors (Lipinski definition) is 14. The molecule has 0 aromatic heterocycles. The SMILES string of the molecule is CO[C@H]1/C=C/O[C@@]2(C)Oc3c(C)c(O)c4c(O)c(cc(OCC(=O)N(C)CCC#N)c4c3C2=O)NC(=O)/C(C)=C\C=C\[C@H](C)[C@H](O)[C@@H](C)[C@@H](O)[C@@H](C)[C@H](OC(C)=O)[C@@H]1C. The zero-order valence-electron chi connectivity index (χ0n) is 35.1. The summed E-state index contributed by atoms with van der Waals surface area (Å²) < 4.78 is 29.5. The maximum atomic E-state index is 14.4. The number of likely N-dealkylation sites (N-methyl/N-ethyl adjacent to an activating group) is 1. The monoisotopic (exact) mass is 821 g/mol. The number of aromatic hydroxyl groups is 2. The fourth-order valence-electron chi connectivity index (χ4n) is 7.34. The minimum Gasteiger partial charge on any atom is -0.507 e. The summed E-state index contributed by atoms with van der Waals surface area (Å²) in [6, 6.07) is 3.18. The van der Waals surface area contributed by atoms with Gasteiger partial charge in [-0.2, -0.15) is 5.26 Å². The molecule has 5 rings (SSSR count). The molecule has 2 amide bonds. The smallest absolute Gasteiger partial charge is 0.312 e. The number of phenols is 2. The van der Waals surface area contributed by atoms with Crippen LogP contribution in [-0.4, -0.2) is 106 Å². The van der Waals surface area contributed by atoms with Gasteiger partial charge in [0.15, 0.2) is 12.4 Å². The zero-order chi connectivity index (χ0) is 44.1. The van der Waals surface area contributed by atoms with Crippen molar-refractivity contribution in [2.45, 2.75) is 92.0 Å². The fraction of sp³-hybridized carbons (Fsp3) is 0.512. The third-order valence-electron chi connectivity index (χ3n) is 11.2. The van der Waals surface area contributed by atoms with Crippen LogP contribution in [0.1, 0.15) is 70.8 Å². The number of esters is 1. The van der Waals surface area contributed by atoms with Crippen molar-refractivity contribution in [3.05, 3.63) is 53.3 Å². The fourth-order valence-corrected chi connectivity index (χ4v) is 7.34. The Bertz CT molecular complexity index is 2090. The lowest BCUT2D eigenvalue weighted by molar-refractivity contribution is -0.160. The highest BCUT2D eigenvalue weighted by molar-refractivity contribution is 6.21. The normalized spacial score (nSPS) is 29.6. The number of phenolic OH excluding ortho intramolecular Hbond substituents is 2. The molecule has 320 valence electrons. The zero-order valence-corrected chi connectivity index (χ0v) is 35.1. The van der Waals surface area contributed by atoms with Gasteiger partial charge >= 0.3 is 11.8 Å². The third-order valence-corrected chi connectivity index (χ3v) is 11.2. The molecule has 5 bridgehead atoms. The second-order valence-electron chi connectivity index (χ2n) is 15.4. The van der Waals surface area contributed by atoms with Gasteiger partial charge in [0.2, 0.25) is 0 Å². The number of hydrogen-bond donors (Lipinski definition) is 5. The first-order valence-electron chi connectivity index (χ1n) is 19.3. The molecule has 0 radical (unpaired) electrons. The Kier molecular flexibility index (Phi) is 14.8. The second kappa shape index (κ2) is 19.0. The number of aliphatic hydroxyl groups is 2. The van der Waals surface area contributed by atoms with Crippen molar-refractivity contribution in [3.63, 3.8) is 0 Å². The molecule has 2 aromatic rings. The van der Waals surface area contributed by atoms with Crippen LogP contribution in [0.2, 0.25) is 0 Å². The Morgan fingerprint density at radius 2 is 1.69 bits per heavy atom. The molecular formula is C43H55N3O13. The molecule has 2 aromatic carbocycles. The number of fused-ring (bicyclic) bond motifs is 14. The van der Waals surface area contributed by atoms with Gasteiger partial charge in [0.25, 0.3) is 17.6 Å². The largest absolute Gasteiger partial charge is 0.507 e. The van der Waals surface area contributed by atoms with Gasteiger partial charge < -0.3 is 54.3 Å². The highest BCUT2D eigenvalue weighted by Gasteiger charge is 2.49. The number of ketones is 1. The van der Waals surface area contributed by atoms with Gasteiger partial charge in [0.1, 0.15) is 23.4 Å². The first-order valence-corrected chi connectivity index (χ1v) is 19.3. The lowest BCUT2D eigenvalue weighted by Crippen LogP contribution is -2.46. The van der Waals surface area contributed by atoms with Crippen LogP contribution >= 0.6 is 0 Å². The number of nitriles is 1. The molecular weight excluding hydrogens is 766 g/mol. The lowest BCUT2D eigenvalue weighted by Gasteiger charge is -2.38. The van der Waals surface area contributed by atoms with Crippen LogP contribution < -0.4 is 14.8 Å². The summed E-state index contributed by atoms with van der Waals surface area (Å²) in [7, 11) is 2.91. The summed E-state index contributed by atoms with van der Waals surface area (Å²) in [5.74, 6) is -8.50. The van der Waals surface area contributed by atoms with Crippen molar-refractivity contribution in [1.29, 1.82) is 5.26 Å². The second-order valence-corrected chi connectivity index (χ2v) is 15.4. The predicted octanol–water partition coefficient (Wildman–Crippen LogP) is 4.80. The number of aliphatic hydroxyl groups excluding tert-OH is 2. The maximum Gasteiger partial charge on any atom is 0.312 e. The quantitative estimate of drug-likeness (QED) is 0.187. The van der Waals surface area contributed by atoms with Crippen molar-refractivity contribution in [2.24, 2.45) is 23.7 Å². The van der Waals surface area contributed by atoms with E-state index in [1.807, 2.05) is 6.07 Å². The van der Waals surface area contributed by atoms with Crippen molar-refractivity contribution in [2.75, 3.05) is 32.6 Å². The van der Waals surface area contributed by atoms with E-state index in [1.165, 1.54) is 71.2 Å². The Hall–Kier alpha value is -5.63. The van der Waals surface area contributed by atoms with Crippen LogP contribution in [0.25, 0.3) is 10.8 Å². The molecule has 0 spiro atoms. The van der Waals surface area contributed by atoms with Crippen LogP contribution in [0.5, 0.6) is 23.0 Å². The number of Topliss-reactive ketones (excluding diaryl/α,β-unsaturated/α-hetero) is 1. The average Bonchev–Trinajstić information content (AvgIpc) is 3.46. The van der Waals surface area contributed by atoms with Crippen molar-refractivity contribution in [1.82, 2.24) is 4.90 Å². The number of amides is 2. The first kappa shape index (κ1) is 46.1. The molecule has 0 unspecified atom stereocenters. The number of carbonyl (C=O) groups is 4. The summed E-state index contributed by atoms with van der Waals surface area (Å²) >= 11 is 0. The molecule has 16 nitrogen and oxygen atoms in total. The first-order chi connectivity index (χ1) is 27.7. The summed E-state index contributed by atoms with van der Waals surface area (Å²) in [6.45, 7) is 12.0. The van der Waals surface area contributed by atoms with E-state index >= 15 is 0 Å². The molecule has 3 aliphatic rings. The Balaban J connectivity index is 1.93. The summed E-state index contributed by atoms with van der Waals surface area (Å²) in [6.07, 6.45) is 3.51. The molecule has 0 saturated heterocycles. The van der Waals surface area contributed by atoms with Gasteiger partial charge in [-0.3, -0.25) is 19.2 Å². The van der Waals surface area contributed by atoms with Gasteiger partial charge in [-0.15, -0.1) is 0 Å². The Morgan fingerprint density at radius 1 is 1.02 bits per heavy atom. The molecule has 5 N–H and O–H groups in total. The molecule has 0 aliphatic carbocycles. The van der Waals surface area contributed by atoms with E-state index in [2.05, 4.69) is 5.32 Å². The molecule has 3 aliphatic heterocycles.